The minimum atomic E-state index is 0.557. The highest BCUT2D eigenvalue weighted by Gasteiger charge is 2.18. The van der Waals surface area contributed by atoms with E-state index in [2.05, 4.69) is 25.4 Å². The van der Waals surface area contributed by atoms with E-state index >= 15 is 0 Å². The van der Waals surface area contributed by atoms with Gasteiger partial charge in [-0.15, -0.1) is 0 Å². The van der Waals surface area contributed by atoms with E-state index in [-0.39, 0.29) is 0 Å². The summed E-state index contributed by atoms with van der Waals surface area (Å²) >= 11 is 0. The van der Waals surface area contributed by atoms with Gasteiger partial charge in [0.1, 0.15) is 11.5 Å². The van der Waals surface area contributed by atoms with Gasteiger partial charge in [0.25, 0.3) is 0 Å². The molecular weight excluding hydrogens is 192 g/mol. The van der Waals surface area contributed by atoms with Gasteiger partial charge in [-0.2, -0.15) is 15.4 Å². The Morgan fingerprint density at radius 1 is 1.27 bits per heavy atom. The van der Waals surface area contributed by atoms with Crippen molar-refractivity contribution >= 4 is 5.82 Å². The van der Waals surface area contributed by atoms with Crippen molar-refractivity contribution in [3.8, 4) is 11.5 Å². The first kappa shape index (κ1) is 8.34. The molecule has 0 bridgehead atoms. The van der Waals surface area contributed by atoms with Gasteiger partial charge in [-0.05, 0) is 19.3 Å². The molecule has 6 nitrogen and oxygen atoms in total. The zero-order valence-electron chi connectivity index (χ0n) is 8.06. The van der Waals surface area contributed by atoms with Crippen LogP contribution in [0.5, 0.6) is 0 Å². The van der Waals surface area contributed by atoms with Gasteiger partial charge in [-0.3, -0.25) is 0 Å². The number of H-pyrrole nitrogens is 1. The van der Waals surface area contributed by atoms with Crippen LogP contribution in [0, 0.1) is 0 Å². The highest BCUT2D eigenvalue weighted by Crippen LogP contribution is 2.26. The van der Waals surface area contributed by atoms with Crippen molar-refractivity contribution in [2.24, 2.45) is 0 Å². The Morgan fingerprint density at radius 3 is 3.00 bits per heavy atom. The standard InChI is InChI=1S/C9H10N6/c10-8-5-2-1-3-6(5)12-9(13-8)7-4-11-15-14-7/h4H,1-3H2,(H2,10,12,13)(H,11,14,15). The predicted octanol–water partition coefficient (Wildman–Crippen LogP) is 0.333. The first-order chi connectivity index (χ1) is 7.34. The molecule has 3 rings (SSSR count). The number of aromatic nitrogens is 5. The Labute approximate surface area is 85.9 Å². The maximum atomic E-state index is 5.87. The highest BCUT2D eigenvalue weighted by atomic mass is 15.3. The molecular formula is C9H10N6. The van der Waals surface area contributed by atoms with E-state index in [1.54, 1.807) is 6.20 Å². The Hall–Kier alpha value is -1.98. The summed E-state index contributed by atoms with van der Waals surface area (Å²) < 4.78 is 0. The van der Waals surface area contributed by atoms with E-state index in [0.29, 0.717) is 17.3 Å². The lowest BCUT2D eigenvalue weighted by atomic mass is 10.2. The van der Waals surface area contributed by atoms with Gasteiger partial charge in [-0.1, -0.05) is 0 Å². The highest BCUT2D eigenvalue weighted by molar-refractivity contribution is 5.54. The van der Waals surface area contributed by atoms with E-state index in [1.807, 2.05) is 0 Å². The second-order valence-corrected chi connectivity index (χ2v) is 3.57. The summed E-state index contributed by atoms with van der Waals surface area (Å²) in [5, 5.41) is 10.2. The minimum Gasteiger partial charge on any atom is -0.383 e. The van der Waals surface area contributed by atoms with Crippen LogP contribution in [0.1, 0.15) is 17.7 Å². The summed E-state index contributed by atoms with van der Waals surface area (Å²) in [7, 11) is 0. The summed E-state index contributed by atoms with van der Waals surface area (Å²) in [6, 6.07) is 0. The van der Waals surface area contributed by atoms with Crippen LogP contribution in [0.2, 0.25) is 0 Å². The first-order valence-electron chi connectivity index (χ1n) is 4.86. The second kappa shape index (κ2) is 3.01. The molecule has 1 aliphatic carbocycles. The maximum Gasteiger partial charge on any atom is 0.184 e. The number of nitrogens with zero attached hydrogens (tertiary/aromatic N) is 4. The summed E-state index contributed by atoms with van der Waals surface area (Å²) in [6.45, 7) is 0. The molecule has 1 aliphatic rings. The maximum absolute atomic E-state index is 5.87. The quantitative estimate of drug-likeness (QED) is 0.695. The topological polar surface area (TPSA) is 93.4 Å². The smallest absolute Gasteiger partial charge is 0.184 e. The monoisotopic (exact) mass is 202 g/mol. The van der Waals surface area contributed by atoms with Crippen molar-refractivity contribution in [3.63, 3.8) is 0 Å². The fourth-order valence-corrected chi connectivity index (χ4v) is 1.89. The first-order valence-corrected chi connectivity index (χ1v) is 4.86. The molecule has 0 saturated carbocycles. The van der Waals surface area contributed by atoms with E-state index in [9.17, 15) is 0 Å². The minimum absolute atomic E-state index is 0.557. The molecule has 0 amide bonds. The third kappa shape index (κ3) is 1.25. The summed E-state index contributed by atoms with van der Waals surface area (Å²) in [4.78, 5) is 8.67. The van der Waals surface area contributed by atoms with Crippen molar-refractivity contribution in [2.75, 3.05) is 5.73 Å². The van der Waals surface area contributed by atoms with Gasteiger partial charge in [-0.25, -0.2) is 9.97 Å². The lowest BCUT2D eigenvalue weighted by Crippen LogP contribution is -2.02. The number of anilines is 1. The van der Waals surface area contributed by atoms with Gasteiger partial charge >= 0.3 is 0 Å². The Kier molecular flexibility index (Phi) is 1.67. The zero-order valence-corrected chi connectivity index (χ0v) is 8.06. The third-order valence-corrected chi connectivity index (χ3v) is 2.61. The summed E-state index contributed by atoms with van der Waals surface area (Å²) in [6.07, 6.45) is 4.67. The molecule has 2 aromatic rings. The van der Waals surface area contributed by atoms with Crippen molar-refractivity contribution in [1.29, 1.82) is 0 Å². The molecule has 2 heterocycles. The van der Waals surface area contributed by atoms with Crippen LogP contribution in [0.25, 0.3) is 11.5 Å². The van der Waals surface area contributed by atoms with Gasteiger partial charge in [0.2, 0.25) is 0 Å². The van der Waals surface area contributed by atoms with Crippen LogP contribution >= 0.6 is 0 Å². The SMILES string of the molecule is Nc1nc(-c2cn[nH]n2)nc2c1CCC2. The van der Waals surface area contributed by atoms with Crippen LogP contribution < -0.4 is 5.73 Å². The van der Waals surface area contributed by atoms with Crippen molar-refractivity contribution in [1.82, 2.24) is 25.4 Å². The Morgan fingerprint density at radius 2 is 2.20 bits per heavy atom. The molecule has 3 N–H and O–H groups in total. The van der Waals surface area contributed by atoms with Crippen LogP contribution in [-0.4, -0.2) is 25.4 Å². The van der Waals surface area contributed by atoms with E-state index < -0.39 is 0 Å². The van der Waals surface area contributed by atoms with Gasteiger partial charge < -0.3 is 5.73 Å². The van der Waals surface area contributed by atoms with Crippen molar-refractivity contribution < 1.29 is 0 Å². The van der Waals surface area contributed by atoms with Crippen LogP contribution in [0.15, 0.2) is 6.20 Å². The number of nitrogen functional groups attached to an aromatic ring is 1. The molecule has 15 heavy (non-hydrogen) atoms. The largest absolute Gasteiger partial charge is 0.383 e. The zero-order chi connectivity index (χ0) is 10.3. The predicted molar refractivity (Wildman–Crippen MR) is 53.8 cm³/mol. The van der Waals surface area contributed by atoms with Gasteiger partial charge in [0.15, 0.2) is 5.82 Å². The van der Waals surface area contributed by atoms with Crippen LogP contribution in [0.3, 0.4) is 0 Å². The van der Waals surface area contributed by atoms with Gasteiger partial charge in [0, 0.05) is 11.3 Å². The fourth-order valence-electron chi connectivity index (χ4n) is 1.89. The lowest BCUT2D eigenvalue weighted by Gasteiger charge is -2.03. The number of nitrogens with one attached hydrogen (secondary N) is 1. The fraction of sp³-hybridized carbons (Fsp3) is 0.333. The molecule has 0 fully saturated rings. The second-order valence-electron chi connectivity index (χ2n) is 3.57. The van der Waals surface area contributed by atoms with Crippen molar-refractivity contribution in [3.05, 3.63) is 17.5 Å². The molecule has 0 aromatic carbocycles. The molecule has 6 heteroatoms. The van der Waals surface area contributed by atoms with Crippen molar-refractivity contribution in [2.45, 2.75) is 19.3 Å². The summed E-state index contributed by atoms with van der Waals surface area (Å²) in [5.74, 6) is 1.14. The normalized spacial score (nSPS) is 14.1. The molecule has 0 spiro atoms. The number of aryl methyl sites for hydroxylation is 1. The van der Waals surface area contributed by atoms with E-state index in [1.165, 1.54) is 0 Å². The Balaban J connectivity index is 2.15. The summed E-state index contributed by atoms with van der Waals surface area (Å²) in [5.41, 5.74) is 8.66. The lowest BCUT2D eigenvalue weighted by molar-refractivity contribution is 0.899. The number of nitrogens with two attached hydrogens (primary N) is 1. The molecule has 2 aromatic heterocycles. The van der Waals surface area contributed by atoms with Crippen LogP contribution in [0.4, 0.5) is 5.82 Å². The molecule has 0 radical (unpaired) electrons. The van der Waals surface area contributed by atoms with E-state index in [0.717, 1.165) is 30.5 Å². The molecule has 0 unspecified atom stereocenters. The van der Waals surface area contributed by atoms with Gasteiger partial charge in [0.05, 0.1) is 6.20 Å². The number of aromatic amines is 1. The molecule has 0 atom stereocenters. The molecule has 0 saturated heterocycles. The Bertz CT molecular complexity index is 490. The number of fused-ring (bicyclic) bond motifs is 1. The average molecular weight is 202 g/mol. The van der Waals surface area contributed by atoms with Crippen LogP contribution in [-0.2, 0) is 12.8 Å². The third-order valence-electron chi connectivity index (χ3n) is 2.61. The number of hydrogen-bond acceptors (Lipinski definition) is 5. The molecule has 0 aliphatic heterocycles. The number of rotatable bonds is 1. The average Bonchev–Trinajstić information content (AvgIpc) is 2.88. The number of hydrogen-bond donors (Lipinski definition) is 2. The molecule has 76 valence electrons. The van der Waals surface area contributed by atoms with E-state index in [4.69, 9.17) is 5.73 Å².